The largest absolute Gasteiger partial charge is 0.507 e. The van der Waals surface area contributed by atoms with E-state index in [0.29, 0.717) is 0 Å². The molecule has 0 aliphatic carbocycles. The molecule has 0 radical (unpaired) electrons. The van der Waals surface area contributed by atoms with Gasteiger partial charge in [0.2, 0.25) is 23.8 Å². The number of phenolic OH excluding ortho intramolecular Hbond substituents is 3. The Morgan fingerprint density at radius 2 is 1.52 bits per heavy atom. The molecule has 1 aromatic heterocycles. The van der Waals surface area contributed by atoms with E-state index in [1.165, 1.54) is 13.0 Å². The molecule has 0 spiro atoms. The van der Waals surface area contributed by atoms with Gasteiger partial charge in [-0.25, -0.2) is 0 Å². The molecule has 2 aliphatic heterocycles. The van der Waals surface area contributed by atoms with Gasteiger partial charge in [-0.1, -0.05) is 0 Å². The van der Waals surface area contributed by atoms with Gasteiger partial charge in [0.1, 0.15) is 53.0 Å². The van der Waals surface area contributed by atoms with Gasteiger partial charge in [-0.2, -0.15) is 0 Å². The molecule has 250 valence electrons. The fourth-order valence-electron chi connectivity index (χ4n) is 5.13. The minimum Gasteiger partial charge on any atom is -0.507 e. The maximum atomic E-state index is 13.9. The minimum atomic E-state index is -1.92. The molecule has 0 bridgehead atoms. The molecule has 46 heavy (non-hydrogen) atoms. The normalized spacial score (nSPS) is 31.4. The second-order valence-electron chi connectivity index (χ2n) is 10.8. The molecule has 17 heteroatoms. The van der Waals surface area contributed by atoms with Crippen LogP contribution in [0.25, 0.3) is 22.3 Å². The van der Waals surface area contributed by atoms with Crippen molar-refractivity contribution >= 4 is 16.9 Å². The molecule has 17 nitrogen and oxygen atoms in total. The van der Waals surface area contributed by atoms with Gasteiger partial charge in [0.25, 0.3) is 0 Å². The highest BCUT2D eigenvalue weighted by molar-refractivity contribution is 5.88. The average Bonchev–Trinajstić information content (AvgIpc) is 3.00. The quantitative estimate of drug-likeness (QED) is 0.104. The Morgan fingerprint density at radius 1 is 0.826 bits per heavy atom. The molecule has 9 N–H and O–H groups in total. The number of carbonyl (C=O) groups is 1. The van der Waals surface area contributed by atoms with Crippen LogP contribution < -0.4 is 14.9 Å². The summed E-state index contributed by atoms with van der Waals surface area (Å²) in [6.45, 7) is 1.63. The molecule has 2 aromatic carbocycles. The number of phenols is 3. The molecule has 2 saturated heterocycles. The van der Waals surface area contributed by atoms with Crippen LogP contribution in [0.1, 0.15) is 13.8 Å². The first-order chi connectivity index (χ1) is 21.7. The Balaban J connectivity index is 1.61. The Kier molecular flexibility index (Phi) is 9.30. The first-order valence-corrected chi connectivity index (χ1v) is 13.9. The highest BCUT2D eigenvalue weighted by Crippen LogP contribution is 2.40. The van der Waals surface area contributed by atoms with Gasteiger partial charge in [-0.05, 0) is 25.1 Å². The second-order valence-corrected chi connectivity index (χ2v) is 10.8. The van der Waals surface area contributed by atoms with E-state index in [2.05, 4.69) is 0 Å². The Hall–Kier alpha value is -4.20. The summed E-state index contributed by atoms with van der Waals surface area (Å²) in [6, 6.07) is 5.40. The number of ether oxygens (including phenoxy) is 5. The first-order valence-electron chi connectivity index (χ1n) is 13.9. The van der Waals surface area contributed by atoms with Crippen molar-refractivity contribution in [1.82, 2.24) is 0 Å². The lowest BCUT2D eigenvalue weighted by molar-refractivity contribution is -0.281. The van der Waals surface area contributed by atoms with Gasteiger partial charge >= 0.3 is 5.97 Å². The summed E-state index contributed by atoms with van der Waals surface area (Å²) in [5.41, 5.74) is -1.45. The standard InChI is InChI=1S/C29H32O17/c1-9-19(35)22(38)23(39)28(41-9)43-12-6-15(34)18-16(7-12)44-25(11-3-4-13(32)14(33)5-11)27(21(18)37)46-29-24(40)26(42-10(2)31)20(36)17(8-30)45-29/h3-7,9,17,19-20,22-24,26,28-30,32-36,38-40H,8H2,1-2H3/t9-,17+,19-,20+,22+,23+,24+,26-,28-,29-/m0/s1. The summed E-state index contributed by atoms with van der Waals surface area (Å²) < 4.78 is 33.1. The van der Waals surface area contributed by atoms with Crippen LogP contribution in [0, 0.1) is 0 Å². The molecule has 0 unspecified atom stereocenters. The second kappa shape index (κ2) is 12.9. The molecule has 2 aliphatic rings. The van der Waals surface area contributed by atoms with E-state index in [1.807, 2.05) is 0 Å². The summed E-state index contributed by atoms with van der Waals surface area (Å²) >= 11 is 0. The van der Waals surface area contributed by atoms with Crippen LogP contribution in [0.4, 0.5) is 0 Å². The van der Waals surface area contributed by atoms with Gasteiger partial charge in [0, 0.05) is 24.6 Å². The number of esters is 1. The van der Waals surface area contributed by atoms with Crippen LogP contribution in [0.15, 0.2) is 39.5 Å². The average molecular weight is 653 g/mol. The molecule has 3 heterocycles. The highest BCUT2D eigenvalue weighted by atomic mass is 16.7. The summed E-state index contributed by atoms with van der Waals surface area (Å²) in [5.74, 6) is -4.12. The predicted octanol–water partition coefficient (Wildman–Crippen LogP) is -1.47. The molecule has 3 aromatic rings. The van der Waals surface area contributed by atoms with Crippen LogP contribution in [-0.4, -0.2) is 120 Å². The van der Waals surface area contributed by atoms with Crippen molar-refractivity contribution in [1.29, 1.82) is 0 Å². The number of aromatic hydroxyl groups is 3. The van der Waals surface area contributed by atoms with E-state index in [9.17, 15) is 55.5 Å². The number of aliphatic hydroxyl groups excluding tert-OH is 6. The van der Waals surface area contributed by atoms with E-state index < -0.39 is 114 Å². The number of fused-ring (bicyclic) bond motifs is 1. The Bertz CT molecular complexity index is 1650. The van der Waals surface area contributed by atoms with Gasteiger partial charge < -0.3 is 74.1 Å². The van der Waals surface area contributed by atoms with Crippen molar-refractivity contribution in [2.24, 2.45) is 0 Å². The van der Waals surface area contributed by atoms with Crippen LogP contribution in [0.2, 0.25) is 0 Å². The van der Waals surface area contributed by atoms with Gasteiger partial charge in [0.05, 0.1) is 12.7 Å². The molecular formula is C29H32O17. The van der Waals surface area contributed by atoms with Crippen molar-refractivity contribution in [3.63, 3.8) is 0 Å². The molecule has 0 saturated carbocycles. The third-order valence-corrected chi connectivity index (χ3v) is 7.56. The highest BCUT2D eigenvalue weighted by Gasteiger charge is 2.48. The summed E-state index contributed by atoms with van der Waals surface area (Å²) in [4.78, 5) is 25.5. The van der Waals surface area contributed by atoms with Crippen molar-refractivity contribution in [3.05, 3.63) is 40.6 Å². The monoisotopic (exact) mass is 652 g/mol. The number of benzene rings is 2. The zero-order chi connectivity index (χ0) is 33.6. The maximum absolute atomic E-state index is 13.9. The smallest absolute Gasteiger partial charge is 0.303 e. The van der Waals surface area contributed by atoms with Crippen molar-refractivity contribution in [2.45, 2.75) is 75.3 Å². The lowest BCUT2D eigenvalue weighted by atomic mass is 9.99. The molecule has 0 amide bonds. The van der Waals surface area contributed by atoms with E-state index >= 15 is 0 Å². The topological polar surface area (TPSA) is 275 Å². The zero-order valence-corrected chi connectivity index (χ0v) is 24.2. The Labute approximate surface area is 258 Å². The predicted molar refractivity (Wildman–Crippen MR) is 150 cm³/mol. The van der Waals surface area contributed by atoms with E-state index in [4.69, 9.17) is 28.1 Å². The number of hydrogen-bond acceptors (Lipinski definition) is 17. The molecular weight excluding hydrogens is 620 g/mol. The van der Waals surface area contributed by atoms with E-state index in [-0.39, 0.29) is 16.9 Å². The molecule has 10 atom stereocenters. The number of rotatable bonds is 7. The molecule has 2 fully saturated rings. The third kappa shape index (κ3) is 6.14. The van der Waals surface area contributed by atoms with Crippen LogP contribution in [0.5, 0.6) is 28.7 Å². The van der Waals surface area contributed by atoms with E-state index in [1.54, 1.807) is 0 Å². The van der Waals surface area contributed by atoms with Gasteiger partial charge in [0.15, 0.2) is 29.5 Å². The van der Waals surface area contributed by atoms with Crippen LogP contribution in [0.3, 0.4) is 0 Å². The van der Waals surface area contributed by atoms with Crippen molar-refractivity contribution < 1.29 is 78.9 Å². The zero-order valence-electron chi connectivity index (χ0n) is 24.2. The third-order valence-electron chi connectivity index (χ3n) is 7.56. The van der Waals surface area contributed by atoms with Crippen molar-refractivity contribution in [2.75, 3.05) is 6.61 Å². The fraction of sp³-hybridized carbons (Fsp3) is 0.448. The van der Waals surface area contributed by atoms with Gasteiger partial charge in [-0.3, -0.25) is 9.59 Å². The maximum Gasteiger partial charge on any atom is 0.303 e. The summed E-state index contributed by atoms with van der Waals surface area (Å²) in [7, 11) is 0. The lowest BCUT2D eigenvalue weighted by Gasteiger charge is -2.41. The Morgan fingerprint density at radius 3 is 2.17 bits per heavy atom. The number of hydrogen-bond donors (Lipinski definition) is 9. The lowest BCUT2D eigenvalue weighted by Crippen LogP contribution is -2.61. The SMILES string of the molecule is CC(=O)O[C@@H]1[C@@H](O)[C@H](Oc2c(-c3ccc(O)c(O)c3)oc3cc(O[C@@H]4O[C@@H](C)[C@H](O)[C@@H](O)[C@H]4O)cc(O)c3c2=O)O[C@H](CO)[C@H]1O. The number of aliphatic hydroxyl groups is 6. The van der Waals surface area contributed by atoms with Crippen LogP contribution >= 0.6 is 0 Å². The van der Waals surface area contributed by atoms with E-state index in [0.717, 1.165) is 31.2 Å². The van der Waals surface area contributed by atoms with Gasteiger partial charge in [-0.15, -0.1) is 0 Å². The fourth-order valence-corrected chi connectivity index (χ4v) is 5.13. The minimum absolute atomic E-state index is 0.0624. The van der Waals surface area contributed by atoms with Crippen LogP contribution in [-0.2, 0) is 19.0 Å². The first kappa shape index (κ1) is 33.2. The van der Waals surface area contributed by atoms with Crippen molar-refractivity contribution in [3.8, 4) is 40.1 Å². The number of carbonyl (C=O) groups excluding carboxylic acids is 1. The summed E-state index contributed by atoms with van der Waals surface area (Å²) in [5, 5.41) is 91.9. The summed E-state index contributed by atoms with van der Waals surface area (Å²) in [6.07, 6.45) is -15.8. The molecule has 5 rings (SSSR count).